The molecule has 3 heterocycles. The second kappa shape index (κ2) is 7.30. The van der Waals surface area contributed by atoms with Crippen LogP contribution in [0.3, 0.4) is 0 Å². The second-order valence-corrected chi connectivity index (χ2v) is 6.33. The summed E-state index contributed by atoms with van der Waals surface area (Å²) in [5.74, 6) is -0.472. The van der Waals surface area contributed by atoms with Crippen molar-refractivity contribution in [1.29, 1.82) is 0 Å². The number of carbonyl (C=O) groups is 1. The molecule has 1 unspecified atom stereocenters. The Morgan fingerprint density at radius 3 is 2.66 bits per heavy atom. The van der Waals surface area contributed by atoms with Crippen LogP contribution in [0, 0.1) is 5.82 Å². The van der Waals surface area contributed by atoms with Gasteiger partial charge in [0.2, 0.25) is 11.8 Å². The van der Waals surface area contributed by atoms with Crippen LogP contribution < -0.4 is 20.5 Å². The van der Waals surface area contributed by atoms with Crippen molar-refractivity contribution in [3.05, 3.63) is 53.2 Å². The molecule has 1 aliphatic rings. The summed E-state index contributed by atoms with van der Waals surface area (Å²) in [6.45, 7) is 0. The molecule has 0 fully saturated rings. The molecule has 2 aromatic heterocycles. The maximum absolute atomic E-state index is 14.1. The standard InChI is InChI=1S/C19H17FN6O3/c1-28-17-12(7-23-19(26-17)29-2)11-5-9(20)3-4-10(11)14-6-15-13(16(27)24-14)8-22-18(21)25-15/h3-5,7-8,14H,6H2,1-2H3,(H,24,27)(H2,21,22,25). The Kier molecular flexibility index (Phi) is 4.67. The number of amides is 1. The second-order valence-electron chi connectivity index (χ2n) is 6.33. The fourth-order valence-corrected chi connectivity index (χ4v) is 3.30. The predicted octanol–water partition coefficient (Wildman–Crippen LogP) is 1.70. The average molecular weight is 396 g/mol. The van der Waals surface area contributed by atoms with Gasteiger partial charge in [0.15, 0.2) is 0 Å². The molecule has 10 heteroatoms. The van der Waals surface area contributed by atoms with Crippen LogP contribution in [0.4, 0.5) is 10.3 Å². The minimum Gasteiger partial charge on any atom is -0.480 e. The maximum atomic E-state index is 14.1. The summed E-state index contributed by atoms with van der Waals surface area (Å²) in [7, 11) is 2.88. The number of halogens is 1. The van der Waals surface area contributed by atoms with Crippen LogP contribution in [-0.4, -0.2) is 40.1 Å². The van der Waals surface area contributed by atoms with Crippen LogP contribution >= 0.6 is 0 Å². The maximum Gasteiger partial charge on any atom is 0.319 e. The highest BCUT2D eigenvalue weighted by Gasteiger charge is 2.29. The lowest BCUT2D eigenvalue weighted by molar-refractivity contribution is 0.0923. The molecule has 0 radical (unpaired) electrons. The lowest BCUT2D eigenvalue weighted by atomic mass is 9.90. The van der Waals surface area contributed by atoms with Crippen molar-refractivity contribution in [3.63, 3.8) is 0 Å². The van der Waals surface area contributed by atoms with Crippen LogP contribution in [0.2, 0.25) is 0 Å². The van der Waals surface area contributed by atoms with Crippen molar-refractivity contribution in [2.24, 2.45) is 0 Å². The van der Waals surface area contributed by atoms with E-state index in [1.165, 1.54) is 38.7 Å². The molecule has 0 saturated carbocycles. The van der Waals surface area contributed by atoms with E-state index in [0.717, 1.165) is 0 Å². The summed E-state index contributed by atoms with van der Waals surface area (Å²) in [5, 5.41) is 2.91. The highest BCUT2D eigenvalue weighted by Crippen LogP contribution is 2.37. The fraction of sp³-hybridized carbons (Fsp3) is 0.211. The van der Waals surface area contributed by atoms with Crippen molar-refractivity contribution in [1.82, 2.24) is 25.3 Å². The average Bonchev–Trinajstić information content (AvgIpc) is 2.72. The number of nitrogens with one attached hydrogen (secondary N) is 1. The van der Waals surface area contributed by atoms with Gasteiger partial charge in [0.1, 0.15) is 5.82 Å². The number of hydrogen-bond donors (Lipinski definition) is 2. The van der Waals surface area contributed by atoms with E-state index in [4.69, 9.17) is 15.2 Å². The molecule has 1 atom stereocenters. The number of rotatable bonds is 4. The van der Waals surface area contributed by atoms with E-state index in [-0.39, 0.29) is 23.7 Å². The summed E-state index contributed by atoms with van der Waals surface area (Å²) in [5.41, 5.74) is 8.17. The molecule has 3 N–H and O–H groups in total. The van der Waals surface area contributed by atoms with Crippen molar-refractivity contribution >= 4 is 11.9 Å². The number of nitrogens with zero attached hydrogens (tertiary/aromatic N) is 4. The SMILES string of the molecule is COc1ncc(-c2cc(F)ccc2C2Cc3nc(N)ncc3C(=O)N2)c(OC)n1. The number of nitrogens with two attached hydrogens (primary N) is 1. The van der Waals surface area contributed by atoms with E-state index < -0.39 is 11.9 Å². The number of nitrogen functional groups attached to an aromatic ring is 1. The van der Waals surface area contributed by atoms with Gasteiger partial charge in [-0.15, -0.1) is 0 Å². The molecule has 1 aromatic carbocycles. The third-order valence-corrected chi connectivity index (χ3v) is 4.62. The van der Waals surface area contributed by atoms with Crippen molar-refractivity contribution in [2.45, 2.75) is 12.5 Å². The van der Waals surface area contributed by atoms with Crippen LogP contribution in [0.25, 0.3) is 11.1 Å². The zero-order chi connectivity index (χ0) is 20.5. The number of carbonyl (C=O) groups excluding carboxylic acids is 1. The molecule has 0 spiro atoms. The van der Waals surface area contributed by atoms with Crippen molar-refractivity contribution in [3.8, 4) is 23.0 Å². The first-order chi connectivity index (χ1) is 14.0. The van der Waals surface area contributed by atoms with E-state index in [0.29, 0.717) is 34.4 Å². The van der Waals surface area contributed by atoms with E-state index in [2.05, 4.69) is 25.3 Å². The Bertz CT molecular complexity index is 1110. The first-order valence-electron chi connectivity index (χ1n) is 8.67. The van der Waals surface area contributed by atoms with Gasteiger partial charge in [-0.2, -0.15) is 4.98 Å². The Morgan fingerprint density at radius 2 is 1.90 bits per heavy atom. The molecule has 148 valence electrons. The molecule has 29 heavy (non-hydrogen) atoms. The lowest BCUT2D eigenvalue weighted by Crippen LogP contribution is -2.36. The van der Waals surface area contributed by atoms with Gasteiger partial charge in [-0.1, -0.05) is 6.07 Å². The summed E-state index contributed by atoms with van der Waals surface area (Å²) >= 11 is 0. The van der Waals surface area contributed by atoms with E-state index >= 15 is 0 Å². The van der Waals surface area contributed by atoms with Crippen LogP contribution in [0.5, 0.6) is 11.9 Å². The zero-order valence-electron chi connectivity index (χ0n) is 15.6. The summed E-state index contributed by atoms with van der Waals surface area (Å²) in [6.07, 6.45) is 3.25. The number of ether oxygens (including phenoxy) is 2. The number of aromatic nitrogens is 4. The highest BCUT2D eigenvalue weighted by atomic mass is 19.1. The lowest BCUT2D eigenvalue weighted by Gasteiger charge is -2.27. The smallest absolute Gasteiger partial charge is 0.319 e. The van der Waals surface area contributed by atoms with Crippen LogP contribution in [-0.2, 0) is 6.42 Å². The van der Waals surface area contributed by atoms with E-state index in [1.54, 1.807) is 6.07 Å². The number of fused-ring (bicyclic) bond motifs is 1. The quantitative estimate of drug-likeness (QED) is 0.683. The van der Waals surface area contributed by atoms with Gasteiger partial charge in [0.25, 0.3) is 5.91 Å². The predicted molar refractivity (Wildman–Crippen MR) is 101 cm³/mol. The van der Waals surface area contributed by atoms with Gasteiger partial charge in [-0.25, -0.2) is 19.3 Å². The Morgan fingerprint density at radius 1 is 1.10 bits per heavy atom. The largest absolute Gasteiger partial charge is 0.480 e. The van der Waals surface area contributed by atoms with Crippen molar-refractivity contribution in [2.75, 3.05) is 20.0 Å². The number of benzene rings is 1. The fourth-order valence-electron chi connectivity index (χ4n) is 3.30. The molecule has 1 aliphatic heterocycles. The van der Waals surface area contributed by atoms with Gasteiger partial charge >= 0.3 is 6.01 Å². The molecule has 9 nitrogen and oxygen atoms in total. The molecule has 0 aliphatic carbocycles. The summed E-state index contributed by atoms with van der Waals surface area (Å²) in [6, 6.07) is 3.93. The first-order valence-corrected chi connectivity index (χ1v) is 8.67. The topological polar surface area (TPSA) is 125 Å². The highest BCUT2D eigenvalue weighted by molar-refractivity contribution is 5.96. The van der Waals surface area contributed by atoms with Crippen LogP contribution in [0.15, 0.2) is 30.6 Å². The van der Waals surface area contributed by atoms with Gasteiger partial charge in [-0.05, 0) is 23.3 Å². The van der Waals surface area contributed by atoms with Gasteiger partial charge in [-0.3, -0.25) is 4.79 Å². The third-order valence-electron chi connectivity index (χ3n) is 4.62. The first kappa shape index (κ1) is 18.5. The van der Waals surface area contributed by atoms with Crippen LogP contribution in [0.1, 0.15) is 27.7 Å². The van der Waals surface area contributed by atoms with Gasteiger partial charge < -0.3 is 20.5 Å². The molecule has 3 aromatic rings. The molecular formula is C19H17FN6O3. The monoisotopic (exact) mass is 396 g/mol. The Balaban J connectivity index is 1.82. The molecule has 0 saturated heterocycles. The molecule has 1 amide bonds. The zero-order valence-corrected chi connectivity index (χ0v) is 15.6. The Hall–Kier alpha value is -3.82. The number of methoxy groups -OCH3 is 2. The summed E-state index contributed by atoms with van der Waals surface area (Å²) < 4.78 is 24.5. The van der Waals surface area contributed by atoms with Gasteiger partial charge in [0, 0.05) is 18.8 Å². The molecular weight excluding hydrogens is 379 g/mol. The number of hydrogen-bond acceptors (Lipinski definition) is 8. The van der Waals surface area contributed by atoms with Gasteiger partial charge in [0.05, 0.1) is 37.1 Å². The Labute approximate surface area is 165 Å². The third kappa shape index (κ3) is 3.40. The van der Waals surface area contributed by atoms with E-state index in [1.807, 2.05) is 0 Å². The minimum absolute atomic E-state index is 0.0850. The summed E-state index contributed by atoms with van der Waals surface area (Å²) in [4.78, 5) is 28.8. The molecule has 0 bridgehead atoms. The number of anilines is 1. The minimum atomic E-state index is -0.466. The van der Waals surface area contributed by atoms with Crippen molar-refractivity contribution < 1.29 is 18.7 Å². The van der Waals surface area contributed by atoms with E-state index in [9.17, 15) is 9.18 Å². The molecule has 4 rings (SSSR count). The normalized spacial score (nSPS) is 15.4.